The number of ether oxygens (including phenoxy) is 1. The van der Waals surface area contributed by atoms with E-state index in [1.165, 1.54) is 12.1 Å². The monoisotopic (exact) mass is 375 g/mol. The van der Waals surface area contributed by atoms with Gasteiger partial charge in [0, 0.05) is 26.7 Å². The third-order valence-electron chi connectivity index (χ3n) is 4.56. The summed E-state index contributed by atoms with van der Waals surface area (Å²) in [6.07, 6.45) is 2.93. The van der Waals surface area contributed by atoms with Gasteiger partial charge in [0.15, 0.2) is 5.69 Å². The van der Waals surface area contributed by atoms with E-state index in [1.54, 1.807) is 35.0 Å². The van der Waals surface area contributed by atoms with Crippen molar-refractivity contribution in [2.45, 2.75) is 18.9 Å². The fraction of sp³-hybridized carbons (Fsp3) is 0.444. The first-order valence-corrected chi connectivity index (χ1v) is 8.83. The number of halogens is 1. The van der Waals surface area contributed by atoms with E-state index in [0.29, 0.717) is 39.1 Å². The summed E-state index contributed by atoms with van der Waals surface area (Å²) in [4.78, 5) is 26.1. The lowest BCUT2D eigenvalue weighted by Gasteiger charge is -2.31. The minimum absolute atomic E-state index is 0.0442. The number of benzene rings is 1. The summed E-state index contributed by atoms with van der Waals surface area (Å²) < 4.78 is 20.4. The number of rotatable bonds is 6. The second-order valence-electron chi connectivity index (χ2n) is 6.34. The largest absolute Gasteiger partial charge is 0.383 e. The number of nitrogens with zero attached hydrogens (tertiary/aromatic N) is 4. The molecular weight excluding hydrogens is 353 g/mol. The van der Waals surface area contributed by atoms with Crippen LogP contribution in [0.25, 0.3) is 0 Å². The number of carbonyl (C=O) groups is 2. The second-order valence-corrected chi connectivity index (χ2v) is 6.34. The molecule has 1 aromatic heterocycles. The molecule has 0 saturated carbocycles. The maximum atomic E-state index is 13.8. The van der Waals surface area contributed by atoms with Gasteiger partial charge < -0.3 is 15.0 Å². The smallest absolute Gasteiger partial charge is 0.273 e. The molecule has 0 aliphatic carbocycles. The molecule has 8 nitrogen and oxygen atoms in total. The molecule has 0 spiro atoms. The summed E-state index contributed by atoms with van der Waals surface area (Å²) in [6, 6.07) is 6.04. The van der Waals surface area contributed by atoms with Crippen molar-refractivity contribution >= 4 is 11.8 Å². The summed E-state index contributed by atoms with van der Waals surface area (Å²) in [5, 5.41) is 10.6. The van der Waals surface area contributed by atoms with Crippen molar-refractivity contribution in [3.63, 3.8) is 0 Å². The third kappa shape index (κ3) is 4.48. The van der Waals surface area contributed by atoms with Crippen molar-refractivity contribution < 1.29 is 18.7 Å². The second kappa shape index (κ2) is 8.72. The van der Waals surface area contributed by atoms with Gasteiger partial charge in [0.05, 0.1) is 24.4 Å². The van der Waals surface area contributed by atoms with E-state index < -0.39 is 5.82 Å². The summed E-state index contributed by atoms with van der Waals surface area (Å²) in [6.45, 7) is 1.81. The predicted octanol–water partition coefficient (Wildman–Crippen LogP) is 1.27. The Balaban J connectivity index is 1.56. The molecule has 1 aromatic carbocycles. The number of carbonyl (C=O) groups excluding carboxylic acids is 2. The molecule has 2 amide bonds. The van der Waals surface area contributed by atoms with Gasteiger partial charge in [0.25, 0.3) is 11.8 Å². The Kier molecular flexibility index (Phi) is 6.12. The van der Waals surface area contributed by atoms with E-state index in [4.69, 9.17) is 4.74 Å². The lowest BCUT2D eigenvalue weighted by Crippen LogP contribution is -2.39. The number of hydrogen-bond donors (Lipinski definition) is 1. The van der Waals surface area contributed by atoms with Crippen LogP contribution in [0.2, 0.25) is 0 Å². The fourth-order valence-electron chi connectivity index (χ4n) is 3.05. The van der Waals surface area contributed by atoms with Gasteiger partial charge in [0.2, 0.25) is 0 Å². The van der Waals surface area contributed by atoms with E-state index in [2.05, 4.69) is 15.6 Å². The Morgan fingerprint density at radius 1 is 1.30 bits per heavy atom. The number of methoxy groups -OCH3 is 1. The normalized spacial score (nSPS) is 15.0. The van der Waals surface area contributed by atoms with Gasteiger partial charge in [-0.3, -0.25) is 9.59 Å². The van der Waals surface area contributed by atoms with Crippen molar-refractivity contribution in [2.75, 3.05) is 33.4 Å². The number of nitrogens with one attached hydrogen (secondary N) is 1. The summed E-state index contributed by atoms with van der Waals surface area (Å²) in [5.41, 5.74) is 0.336. The maximum Gasteiger partial charge on any atom is 0.273 e. The van der Waals surface area contributed by atoms with E-state index in [9.17, 15) is 14.0 Å². The van der Waals surface area contributed by atoms with Gasteiger partial charge >= 0.3 is 0 Å². The maximum absolute atomic E-state index is 13.8. The van der Waals surface area contributed by atoms with E-state index >= 15 is 0 Å². The molecule has 0 atom stereocenters. The first-order chi connectivity index (χ1) is 13.1. The molecule has 1 fully saturated rings. The van der Waals surface area contributed by atoms with E-state index in [0.717, 1.165) is 0 Å². The van der Waals surface area contributed by atoms with Crippen LogP contribution in [0.15, 0.2) is 30.5 Å². The van der Waals surface area contributed by atoms with Crippen LogP contribution in [-0.4, -0.2) is 65.1 Å². The van der Waals surface area contributed by atoms with Crippen molar-refractivity contribution in [2.24, 2.45) is 0 Å². The van der Waals surface area contributed by atoms with Gasteiger partial charge in [-0.05, 0) is 25.0 Å². The molecule has 2 heterocycles. The SMILES string of the molecule is COCCNC(=O)c1cn(C2CCN(C(=O)c3ccccc3F)CC2)nn1. The first kappa shape index (κ1) is 19.0. The molecule has 0 bridgehead atoms. The van der Waals surface area contributed by atoms with Gasteiger partial charge in [-0.25, -0.2) is 9.07 Å². The molecule has 0 unspecified atom stereocenters. The molecule has 1 aliphatic heterocycles. The first-order valence-electron chi connectivity index (χ1n) is 8.83. The Morgan fingerprint density at radius 2 is 2.04 bits per heavy atom. The van der Waals surface area contributed by atoms with Crippen LogP contribution in [0, 0.1) is 5.82 Å². The Hall–Kier alpha value is -2.81. The molecule has 0 radical (unpaired) electrons. The summed E-state index contributed by atoms with van der Waals surface area (Å²) in [7, 11) is 1.56. The van der Waals surface area contributed by atoms with Crippen molar-refractivity contribution in [3.8, 4) is 0 Å². The average Bonchev–Trinajstić information content (AvgIpc) is 3.18. The Labute approximate surface area is 156 Å². The van der Waals surface area contributed by atoms with Crippen molar-refractivity contribution in [3.05, 3.63) is 47.5 Å². The minimum atomic E-state index is -0.509. The van der Waals surface area contributed by atoms with Gasteiger partial charge in [-0.15, -0.1) is 5.10 Å². The lowest BCUT2D eigenvalue weighted by atomic mass is 10.0. The zero-order valence-corrected chi connectivity index (χ0v) is 15.1. The molecule has 1 saturated heterocycles. The fourth-order valence-corrected chi connectivity index (χ4v) is 3.05. The van der Waals surface area contributed by atoms with Gasteiger partial charge in [-0.2, -0.15) is 0 Å². The molecule has 1 aliphatic rings. The van der Waals surface area contributed by atoms with Crippen LogP contribution in [0.5, 0.6) is 0 Å². The van der Waals surface area contributed by atoms with Crippen molar-refractivity contribution in [1.29, 1.82) is 0 Å². The standard InChI is InChI=1S/C18H22FN5O3/c1-27-11-8-20-17(25)16-12-24(22-21-16)13-6-9-23(10-7-13)18(26)14-4-2-3-5-15(14)19/h2-5,12-13H,6-11H2,1H3,(H,20,25). The number of likely N-dealkylation sites (tertiary alicyclic amines) is 1. The molecule has 3 rings (SSSR count). The van der Waals surface area contributed by atoms with Crippen LogP contribution < -0.4 is 5.32 Å². The quantitative estimate of drug-likeness (QED) is 0.768. The molecule has 2 aromatic rings. The molecule has 9 heteroatoms. The molecule has 144 valence electrons. The lowest BCUT2D eigenvalue weighted by molar-refractivity contribution is 0.0684. The van der Waals surface area contributed by atoms with Crippen LogP contribution in [0.3, 0.4) is 0 Å². The highest BCUT2D eigenvalue weighted by Crippen LogP contribution is 2.23. The van der Waals surface area contributed by atoms with Crippen LogP contribution >= 0.6 is 0 Å². The third-order valence-corrected chi connectivity index (χ3v) is 4.56. The van der Waals surface area contributed by atoms with Crippen LogP contribution in [-0.2, 0) is 4.74 Å². The summed E-state index contributed by atoms with van der Waals surface area (Å²) >= 11 is 0. The van der Waals surface area contributed by atoms with Crippen LogP contribution in [0.4, 0.5) is 4.39 Å². The zero-order chi connectivity index (χ0) is 19.2. The molecule has 27 heavy (non-hydrogen) atoms. The predicted molar refractivity (Wildman–Crippen MR) is 94.8 cm³/mol. The molecular formula is C18H22FN5O3. The highest BCUT2D eigenvalue weighted by molar-refractivity contribution is 5.94. The van der Waals surface area contributed by atoms with Crippen LogP contribution in [0.1, 0.15) is 39.7 Å². The van der Waals surface area contributed by atoms with Gasteiger partial charge in [-0.1, -0.05) is 17.3 Å². The summed E-state index contributed by atoms with van der Waals surface area (Å²) in [5.74, 6) is -1.11. The average molecular weight is 375 g/mol. The zero-order valence-electron chi connectivity index (χ0n) is 15.1. The highest BCUT2D eigenvalue weighted by Gasteiger charge is 2.27. The van der Waals surface area contributed by atoms with E-state index in [1.807, 2.05) is 0 Å². The number of aromatic nitrogens is 3. The molecule has 1 N–H and O–H groups in total. The topological polar surface area (TPSA) is 89.4 Å². The van der Waals surface area contributed by atoms with Gasteiger partial charge in [0.1, 0.15) is 5.82 Å². The number of piperidine rings is 1. The number of amides is 2. The Morgan fingerprint density at radius 3 is 2.74 bits per heavy atom. The van der Waals surface area contributed by atoms with Crippen molar-refractivity contribution in [1.82, 2.24) is 25.2 Å². The minimum Gasteiger partial charge on any atom is -0.383 e. The highest BCUT2D eigenvalue weighted by atomic mass is 19.1. The Bertz CT molecular complexity index is 802. The van der Waals surface area contributed by atoms with E-state index in [-0.39, 0.29) is 29.1 Å². The number of hydrogen-bond acceptors (Lipinski definition) is 5.